The number of halogens is 1. The van der Waals surface area contributed by atoms with E-state index in [9.17, 15) is 19.7 Å². The predicted molar refractivity (Wildman–Crippen MR) is 76.3 cm³/mol. The van der Waals surface area contributed by atoms with Gasteiger partial charge in [0, 0.05) is 6.20 Å². The highest BCUT2D eigenvalue weighted by Gasteiger charge is 2.41. The van der Waals surface area contributed by atoms with Gasteiger partial charge in [0.1, 0.15) is 35.6 Å². The highest BCUT2D eigenvalue weighted by molar-refractivity contribution is 5.86. The van der Waals surface area contributed by atoms with E-state index in [0.717, 1.165) is 12.5 Å². The Morgan fingerprint density at radius 3 is 2.64 bits per heavy atom. The fourth-order valence-corrected chi connectivity index (χ4v) is 2.38. The maximum atomic E-state index is 14.0. The minimum Gasteiger partial charge on any atom is -0.394 e. The summed E-state index contributed by atoms with van der Waals surface area (Å²) in [5.41, 5.74) is 3.91. The van der Waals surface area contributed by atoms with Crippen molar-refractivity contribution < 1.29 is 24.8 Å². The summed E-state index contributed by atoms with van der Waals surface area (Å²) in [5.74, 6) is -0.697. The largest absolute Gasteiger partial charge is 0.394 e. The monoisotopic (exact) mass is 314 g/mol. The second-order valence-electron chi connectivity index (χ2n) is 5.44. The van der Waals surface area contributed by atoms with Crippen LogP contribution in [0.25, 0.3) is 11.0 Å². The average molecular weight is 314 g/mol. The van der Waals surface area contributed by atoms with Gasteiger partial charge in [0.2, 0.25) is 0 Å². The molecule has 0 aliphatic heterocycles. The molecule has 1 unspecified atom stereocenters. The number of anilines is 1. The molecule has 0 spiro atoms. The fourth-order valence-electron chi connectivity index (χ4n) is 2.38. The number of aliphatic hydroxyl groups is 4. The summed E-state index contributed by atoms with van der Waals surface area (Å²) in [5, 5.41) is 38.9. The van der Waals surface area contributed by atoms with Crippen LogP contribution < -0.4 is 5.73 Å². The van der Waals surface area contributed by atoms with E-state index in [2.05, 4.69) is 9.97 Å². The van der Waals surface area contributed by atoms with Crippen LogP contribution in [-0.2, 0) is 0 Å². The van der Waals surface area contributed by atoms with Gasteiger partial charge in [0.15, 0.2) is 5.82 Å². The number of hydrogen-bond donors (Lipinski definition) is 5. The summed E-state index contributed by atoms with van der Waals surface area (Å²) in [6.07, 6.45) is -0.933. The van der Waals surface area contributed by atoms with E-state index in [-0.39, 0.29) is 16.9 Å². The Morgan fingerprint density at radius 1 is 1.41 bits per heavy atom. The van der Waals surface area contributed by atoms with Crippen molar-refractivity contribution in [3.05, 3.63) is 18.3 Å². The van der Waals surface area contributed by atoms with Gasteiger partial charge >= 0.3 is 0 Å². The Morgan fingerprint density at radius 2 is 2.05 bits per heavy atom. The molecule has 0 saturated heterocycles. The van der Waals surface area contributed by atoms with Gasteiger partial charge in [-0.2, -0.15) is 0 Å². The third-order valence-corrected chi connectivity index (χ3v) is 4.01. The molecule has 0 amide bonds. The van der Waals surface area contributed by atoms with Crippen LogP contribution in [0.5, 0.6) is 0 Å². The zero-order valence-corrected chi connectivity index (χ0v) is 12.2. The Balaban J connectivity index is 2.50. The summed E-state index contributed by atoms with van der Waals surface area (Å²) in [4.78, 5) is 7.66. The van der Waals surface area contributed by atoms with E-state index in [0.29, 0.717) is 0 Å². The first kappa shape index (κ1) is 16.6. The van der Waals surface area contributed by atoms with E-state index < -0.39 is 36.3 Å². The number of fused-ring (bicyclic) bond motifs is 1. The SMILES string of the molecule is C[C@@H](n1cc(F)c2c(N)ncnc21)[C@@](C)(O)C(O)[C@H](O)CO. The predicted octanol–water partition coefficient (Wildman–Crippen LogP) is -0.821. The van der Waals surface area contributed by atoms with Crippen LogP contribution in [0.15, 0.2) is 12.5 Å². The first-order valence-electron chi connectivity index (χ1n) is 6.67. The van der Waals surface area contributed by atoms with Gasteiger partial charge in [-0.1, -0.05) is 0 Å². The zero-order valence-electron chi connectivity index (χ0n) is 12.2. The minimum atomic E-state index is -1.86. The normalized spacial score (nSPS) is 18.9. The van der Waals surface area contributed by atoms with Crippen molar-refractivity contribution in [1.82, 2.24) is 14.5 Å². The molecule has 2 aromatic rings. The van der Waals surface area contributed by atoms with Crippen molar-refractivity contribution in [2.24, 2.45) is 0 Å². The molecular formula is C13H19FN4O4. The molecule has 2 heterocycles. The second kappa shape index (κ2) is 5.76. The molecule has 2 rings (SSSR count). The van der Waals surface area contributed by atoms with Crippen molar-refractivity contribution in [3.8, 4) is 0 Å². The van der Waals surface area contributed by atoms with Crippen LogP contribution in [0.4, 0.5) is 10.2 Å². The molecule has 9 heteroatoms. The van der Waals surface area contributed by atoms with Gasteiger partial charge in [0.05, 0.1) is 18.0 Å². The molecule has 0 saturated carbocycles. The molecule has 22 heavy (non-hydrogen) atoms. The number of nitrogens with zero attached hydrogens (tertiary/aromatic N) is 3. The van der Waals surface area contributed by atoms with Crippen molar-refractivity contribution in [2.45, 2.75) is 37.7 Å². The van der Waals surface area contributed by atoms with Gasteiger partial charge in [-0.25, -0.2) is 14.4 Å². The van der Waals surface area contributed by atoms with Crippen LogP contribution >= 0.6 is 0 Å². The lowest BCUT2D eigenvalue weighted by atomic mass is 9.88. The second-order valence-corrected chi connectivity index (χ2v) is 5.44. The Kier molecular flexibility index (Phi) is 4.34. The minimum absolute atomic E-state index is 0.0161. The summed E-state index contributed by atoms with van der Waals surface area (Å²) in [6, 6.07) is -0.870. The Labute approximate surface area is 125 Å². The maximum absolute atomic E-state index is 14.0. The third-order valence-electron chi connectivity index (χ3n) is 4.01. The summed E-state index contributed by atoms with van der Waals surface area (Å²) in [7, 11) is 0. The van der Waals surface area contributed by atoms with E-state index in [1.54, 1.807) is 0 Å². The summed E-state index contributed by atoms with van der Waals surface area (Å²) < 4.78 is 15.3. The van der Waals surface area contributed by atoms with Crippen molar-refractivity contribution in [2.75, 3.05) is 12.3 Å². The van der Waals surface area contributed by atoms with E-state index in [1.807, 2.05) is 0 Å². The summed E-state index contributed by atoms with van der Waals surface area (Å²) in [6.45, 7) is 2.07. The van der Waals surface area contributed by atoms with Gasteiger partial charge < -0.3 is 30.7 Å². The molecule has 0 aliphatic carbocycles. The van der Waals surface area contributed by atoms with Crippen LogP contribution in [0.1, 0.15) is 19.9 Å². The van der Waals surface area contributed by atoms with Crippen molar-refractivity contribution in [3.63, 3.8) is 0 Å². The molecule has 8 nitrogen and oxygen atoms in total. The molecule has 0 fully saturated rings. The lowest BCUT2D eigenvalue weighted by Gasteiger charge is -2.37. The van der Waals surface area contributed by atoms with Crippen LogP contribution in [-0.4, -0.2) is 59.4 Å². The van der Waals surface area contributed by atoms with Crippen LogP contribution in [0.3, 0.4) is 0 Å². The molecule has 122 valence electrons. The van der Waals surface area contributed by atoms with Gasteiger partial charge in [-0.15, -0.1) is 0 Å². The number of aliphatic hydroxyl groups excluding tert-OH is 3. The first-order valence-corrected chi connectivity index (χ1v) is 6.67. The summed E-state index contributed by atoms with van der Waals surface area (Å²) >= 11 is 0. The molecule has 4 atom stereocenters. The van der Waals surface area contributed by atoms with Crippen molar-refractivity contribution in [1.29, 1.82) is 0 Å². The number of aromatic nitrogens is 3. The highest BCUT2D eigenvalue weighted by Crippen LogP contribution is 2.32. The lowest BCUT2D eigenvalue weighted by Crippen LogP contribution is -2.52. The number of rotatable bonds is 5. The smallest absolute Gasteiger partial charge is 0.154 e. The van der Waals surface area contributed by atoms with E-state index in [4.69, 9.17) is 10.8 Å². The van der Waals surface area contributed by atoms with E-state index in [1.165, 1.54) is 18.4 Å². The number of hydrogen-bond acceptors (Lipinski definition) is 7. The molecule has 0 aliphatic rings. The third kappa shape index (κ3) is 2.52. The zero-order chi connectivity index (χ0) is 16.7. The topological polar surface area (TPSA) is 138 Å². The van der Waals surface area contributed by atoms with Crippen LogP contribution in [0.2, 0.25) is 0 Å². The Hall–Kier alpha value is -1.81. The fraction of sp³-hybridized carbons (Fsp3) is 0.538. The van der Waals surface area contributed by atoms with Gasteiger partial charge in [-0.05, 0) is 13.8 Å². The van der Waals surface area contributed by atoms with Gasteiger partial charge in [-0.3, -0.25) is 0 Å². The standard InChI is InChI=1S/C13H19FN4O4/c1-6(13(2,22)10(21)8(20)4-19)18-3-7(14)9-11(15)16-5-17-12(9)18/h3,5-6,8,10,19-22H,4H2,1-2H3,(H2,15,16,17)/t6-,8-,10?,13-/m1/s1. The highest BCUT2D eigenvalue weighted by atomic mass is 19.1. The lowest BCUT2D eigenvalue weighted by molar-refractivity contribution is -0.144. The maximum Gasteiger partial charge on any atom is 0.154 e. The molecule has 6 N–H and O–H groups in total. The van der Waals surface area contributed by atoms with Crippen molar-refractivity contribution >= 4 is 16.9 Å². The number of nitrogen functional groups attached to an aromatic ring is 1. The molecule has 2 aromatic heterocycles. The van der Waals surface area contributed by atoms with E-state index >= 15 is 0 Å². The van der Waals surface area contributed by atoms with Crippen LogP contribution in [0, 0.1) is 5.82 Å². The molecular weight excluding hydrogens is 295 g/mol. The molecule has 0 radical (unpaired) electrons. The average Bonchev–Trinajstić information content (AvgIpc) is 2.83. The Bertz CT molecular complexity index is 675. The van der Waals surface area contributed by atoms with Gasteiger partial charge in [0.25, 0.3) is 0 Å². The first-order chi connectivity index (χ1) is 10.2. The number of nitrogens with two attached hydrogens (primary N) is 1. The molecule has 0 bridgehead atoms. The quantitative estimate of drug-likeness (QED) is 0.486. The molecule has 0 aromatic carbocycles.